The van der Waals surface area contributed by atoms with E-state index in [2.05, 4.69) is 20.7 Å². The minimum Gasteiger partial charge on any atom is -0.489 e. The number of aliphatic imine (C=N–C) groups is 1. The topological polar surface area (TPSA) is 104 Å². The number of hydrazone groups is 1. The van der Waals surface area contributed by atoms with Gasteiger partial charge in [-0.1, -0.05) is 48.0 Å². The van der Waals surface area contributed by atoms with Crippen LogP contribution in [-0.2, 0) is 17.9 Å². The number of hydrogen-bond donors (Lipinski definition) is 3. The van der Waals surface area contributed by atoms with Gasteiger partial charge in [-0.3, -0.25) is 15.2 Å². The number of nitrogens with two attached hydrogens (primary N) is 1. The number of benzene rings is 3. The zero-order valence-electron chi connectivity index (χ0n) is 21.4. The molecule has 2 aliphatic heterocycles. The number of nitrogens with one attached hydrogen (secondary N) is 2. The molecule has 0 spiro atoms. The Bertz CT molecular complexity index is 1390. The van der Waals surface area contributed by atoms with Gasteiger partial charge in [-0.05, 0) is 55.3 Å². The Kier molecular flexibility index (Phi) is 7.62. The van der Waals surface area contributed by atoms with Gasteiger partial charge in [0.1, 0.15) is 24.6 Å². The fourth-order valence-corrected chi connectivity index (χ4v) is 4.93. The Hall–Kier alpha value is -3.88. The standard InChI is InChI=1S/C29H31ClN6O2/c1-3-32-27(37)15-25-29-35-34-18(2)36(29)26-13-12-23(38-17-21-7-5-4-6-20(21)16-31)14-24(26)28(33-25)19-8-10-22(30)11-9-19/h4-14,18,25,34H,3,15-17,31H2,1-2H3,(H,32,37)/t18?,25-/m0/s1. The molecule has 3 aromatic rings. The number of halogens is 1. The van der Waals surface area contributed by atoms with Gasteiger partial charge < -0.3 is 20.7 Å². The molecule has 2 heterocycles. The molecule has 1 unspecified atom stereocenters. The van der Waals surface area contributed by atoms with E-state index in [1.165, 1.54) is 0 Å². The van der Waals surface area contributed by atoms with E-state index in [0.717, 1.165) is 33.7 Å². The van der Waals surface area contributed by atoms with E-state index in [1.54, 1.807) is 0 Å². The summed E-state index contributed by atoms with van der Waals surface area (Å²) in [7, 11) is 0. The molecular weight excluding hydrogens is 500 g/mol. The second-order valence-electron chi connectivity index (χ2n) is 9.24. The van der Waals surface area contributed by atoms with Crippen LogP contribution < -0.4 is 26.1 Å². The van der Waals surface area contributed by atoms with Gasteiger partial charge in [0.2, 0.25) is 5.91 Å². The van der Waals surface area contributed by atoms with Crippen LogP contribution in [0.4, 0.5) is 5.69 Å². The Balaban J connectivity index is 1.58. The minimum absolute atomic E-state index is 0.0764. The van der Waals surface area contributed by atoms with Crippen LogP contribution >= 0.6 is 11.6 Å². The van der Waals surface area contributed by atoms with Crippen LogP contribution in [0.25, 0.3) is 0 Å². The van der Waals surface area contributed by atoms with Crippen molar-refractivity contribution in [3.63, 3.8) is 0 Å². The van der Waals surface area contributed by atoms with E-state index in [4.69, 9.17) is 27.1 Å². The molecule has 0 saturated carbocycles. The van der Waals surface area contributed by atoms with Crippen LogP contribution in [-0.4, -0.2) is 36.2 Å². The number of rotatable bonds is 8. The van der Waals surface area contributed by atoms with Crippen molar-refractivity contribution in [2.45, 2.75) is 45.6 Å². The Labute approximate surface area is 227 Å². The third-order valence-electron chi connectivity index (χ3n) is 6.67. The number of ether oxygens (including phenoxy) is 1. The maximum Gasteiger partial charge on any atom is 0.222 e. The molecule has 196 valence electrons. The number of nitrogens with zero attached hydrogens (tertiary/aromatic N) is 3. The number of anilines is 1. The first-order chi connectivity index (χ1) is 18.5. The van der Waals surface area contributed by atoms with E-state index in [0.29, 0.717) is 36.3 Å². The van der Waals surface area contributed by atoms with Crippen molar-refractivity contribution in [3.05, 3.63) is 94.0 Å². The van der Waals surface area contributed by atoms with E-state index in [1.807, 2.05) is 80.6 Å². The molecular formula is C29H31ClN6O2. The van der Waals surface area contributed by atoms with Crippen molar-refractivity contribution in [2.24, 2.45) is 15.8 Å². The van der Waals surface area contributed by atoms with Gasteiger partial charge in [-0.15, -0.1) is 0 Å². The molecule has 8 nitrogen and oxygen atoms in total. The lowest BCUT2D eigenvalue weighted by Gasteiger charge is -2.27. The van der Waals surface area contributed by atoms with Gasteiger partial charge in [0, 0.05) is 29.2 Å². The average Bonchev–Trinajstić information content (AvgIpc) is 3.25. The number of carbonyl (C=O) groups excluding carboxylic acids is 1. The van der Waals surface area contributed by atoms with Crippen LogP contribution in [0.15, 0.2) is 76.8 Å². The van der Waals surface area contributed by atoms with Gasteiger partial charge in [-0.25, -0.2) is 0 Å². The highest BCUT2D eigenvalue weighted by molar-refractivity contribution is 6.31. The Morgan fingerprint density at radius 2 is 1.89 bits per heavy atom. The summed E-state index contributed by atoms with van der Waals surface area (Å²) in [6, 6.07) is 21.1. The summed E-state index contributed by atoms with van der Waals surface area (Å²) in [5.41, 5.74) is 14.6. The molecule has 9 heteroatoms. The summed E-state index contributed by atoms with van der Waals surface area (Å²) in [6.45, 7) is 5.34. The molecule has 3 aromatic carbocycles. The highest BCUT2D eigenvalue weighted by Crippen LogP contribution is 2.35. The third kappa shape index (κ3) is 5.23. The van der Waals surface area contributed by atoms with Crippen molar-refractivity contribution >= 4 is 34.7 Å². The lowest BCUT2D eigenvalue weighted by molar-refractivity contribution is -0.121. The highest BCUT2D eigenvalue weighted by Gasteiger charge is 2.37. The Morgan fingerprint density at radius 3 is 2.63 bits per heavy atom. The summed E-state index contributed by atoms with van der Waals surface area (Å²) < 4.78 is 6.25. The molecule has 0 bridgehead atoms. The van der Waals surface area contributed by atoms with Gasteiger partial charge in [0.05, 0.1) is 17.8 Å². The van der Waals surface area contributed by atoms with Gasteiger partial charge >= 0.3 is 0 Å². The number of hydrogen-bond acceptors (Lipinski definition) is 7. The van der Waals surface area contributed by atoms with E-state index >= 15 is 0 Å². The third-order valence-corrected chi connectivity index (χ3v) is 6.92. The Morgan fingerprint density at radius 1 is 1.13 bits per heavy atom. The van der Waals surface area contributed by atoms with Crippen molar-refractivity contribution in [2.75, 3.05) is 11.4 Å². The van der Waals surface area contributed by atoms with Crippen LogP contribution in [0.5, 0.6) is 5.75 Å². The van der Waals surface area contributed by atoms with Gasteiger partial charge in [0.25, 0.3) is 0 Å². The number of carbonyl (C=O) groups is 1. The molecule has 4 N–H and O–H groups in total. The number of amides is 1. The van der Waals surface area contributed by atoms with Crippen LogP contribution in [0.1, 0.15) is 42.5 Å². The maximum absolute atomic E-state index is 12.7. The average molecular weight is 531 g/mol. The largest absolute Gasteiger partial charge is 0.489 e. The summed E-state index contributed by atoms with van der Waals surface area (Å²) >= 11 is 6.20. The second kappa shape index (κ2) is 11.2. The quantitative estimate of drug-likeness (QED) is 0.405. The van der Waals surface area contributed by atoms with Gasteiger partial charge in [-0.2, -0.15) is 5.10 Å². The van der Waals surface area contributed by atoms with Crippen LogP contribution in [0.2, 0.25) is 5.02 Å². The number of fused-ring (bicyclic) bond motifs is 3. The minimum atomic E-state index is -0.474. The normalized spacial score (nSPS) is 17.9. The highest BCUT2D eigenvalue weighted by atomic mass is 35.5. The fraction of sp³-hybridized carbons (Fsp3) is 0.276. The summed E-state index contributed by atoms with van der Waals surface area (Å²) in [6.07, 6.45) is 0.0745. The molecule has 0 saturated heterocycles. The molecule has 0 fully saturated rings. The predicted molar refractivity (Wildman–Crippen MR) is 152 cm³/mol. The van der Waals surface area contributed by atoms with E-state index in [-0.39, 0.29) is 18.5 Å². The van der Waals surface area contributed by atoms with Gasteiger partial charge in [0.15, 0.2) is 5.84 Å². The molecule has 38 heavy (non-hydrogen) atoms. The molecule has 0 radical (unpaired) electrons. The van der Waals surface area contributed by atoms with Crippen molar-refractivity contribution in [1.82, 2.24) is 10.7 Å². The summed E-state index contributed by atoms with van der Waals surface area (Å²) in [5, 5.41) is 8.12. The van der Waals surface area contributed by atoms with Crippen molar-refractivity contribution < 1.29 is 9.53 Å². The maximum atomic E-state index is 12.7. The van der Waals surface area contributed by atoms with Crippen molar-refractivity contribution in [1.29, 1.82) is 0 Å². The first kappa shape index (κ1) is 25.8. The summed E-state index contributed by atoms with van der Waals surface area (Å²) in [5.74, 6) is 1.34. The molecule has 2 atom stereocenters. The lowest BCUT2D eigenvalue weighted by atomic mass is 9.99. The number of amidine groups is 1. The van der Waals surface area contributed by atoms with E-state index < -0.39 is 6.04 Å². The molecule has 5 rings (SSSR count). The summed E-state index contributed by atoms with van der Waals surface area (Å²) in [4.78, 5) is 19.9. The smallest absolute Gasteiger partial charge is 0.222 e. The van der Waals surface area contributed by atoms with Crippen molar-refractivity contribution in [3.8, 4) is 5.75 Å². The SMILES string of the molecule is CCNC(=O)C[C@@H]1N=C(c2ccc(Cl)cc2)c2cc(OCc3ccccc3CN)ccc2N2C1=NNC2C. The van der Waals surface area contributed by atoms with E-state index in [9.17, 15) is 4.79 Å². The monoisotopic (exact) mass is 530 g/mol. The zero-order chi connectivity index (χ0) is 26.6. The van der Waals surface area contributed by atoms with Crippen LogP contribution in [0, 0.1) is 0 Å². The predicted octanol–water partition coefficient (Wildman–Crippen LogP) is 4.19. The second-order valence-corrected chi connectivity index (χ2v) is 9.68. The van der Waals surface area contributed by atoms with Crippen LogP contribution in [0.3, 0.4) is 0 Å². The fourth-order valence-electron chi connectivity index (χ4n) is 4.80. The first-order valence-electron chi connectivity index (χ1n) is 12.7. The molecule has 0 aliphatic carbocycles. The molecule has 0 aromatic heterocycles. The molecule has 2 aliphatic rings. The lowest BCUT2D eigenvalue weighted by Crippen LogP contribution is -2.43. The first-order valence-corrected chi connectivity index (χ1v) is 13.1. The molecule has 1 amide bonds. The zero-order valence-corrected chi connectivity index (χ0v) is 22.2.